The average Bonchev–Trinajstić information content (AvgIpc) is 3.00. The normalized spacial score (nSPS) is 11.0. The van der Waals surface area contributed by atoms with Crippen molar-refractivity contribution in [1.82, 2.24) is 10.4 Å². The fourth-order valence-electron chi connectivity index (χ4n) is 4.38. The summed E-state index contributed by atoms with van der Waals surface area (Å²) >= 11 is 0. The number of benzene rings is 4. The second kappa shape index (κ2) is 12.1. The topological polar surface area (TPSA) is 82.0 Å². The Morgan fingerprint density at radius 3 is 2.52 bits per heavy atom. The molecular weight excluding hydrogens is 502 g/mol. The molecule has 0 aliphatic heterocycles. The maximum absolute atomic E-state index is 13.3. The van der Waals surface area contributed by atoms with Crippen molar-refractivity contribution in [2.24, 2.45) is 5.10 Å². The number of carbonyl (C=O) groups is 1. The van der Waals surface area contributed by atoms with Crippen LogP contribution in [0.5, 0.6) is 17.2 Å². The monoisotopic (exact) mass is 531 g/mol. The van der Waals surface area contributed by atoms with E-state index in [0.29, 0.717) is 34.9 Å². The van der Waals surface area contributed by atoms with Gasteiger partial charge in [0.2, 0.25) is 0 Å². The highest BCUT2D eigenvalue weighted by atomic mass is 16.5. The van der Waals surface area contributed by atoms with E-state index < -0.39 is 0 Å². The lowest BCUT2D eigenvalue weighted by molar-refractivity contribution is 0.0956. The van der Waals surface area contributed by atoms with E-state index in [-0.39, 0.29) is 5.91 Å². The molecule has 0 saturated heterocycles. The van der Waals surface area contributed by atoms with Gasteiger partial charge in [0.05, 0.1) is 37.2 Å². The van der Waals surface area contributed by atoms with Crippen LogP contribution in [0.1, 0.15) is 27.0 Å². The van der Waals surface area contributed by atoms with Gasteiger partial charge in [-0.3, -0.25) is 4.79 Å². The van der Waals surface area contributed by atoms with Gasteiger partial charge in [0, 0.05) is 16.5 Å². The number of ether oxygens (including phenoxy) is 3. The predicted molar refractivity (Wildman–Crippen MR) is 157 cm³/mol. The van der Waals surface area contributed by atoms with E-state index in [2.05, 4.69) is 10.5 Å². The van der Waals surface area contributed by atoms with E-state index in [1.807, 2.05) is 97.9 Å². The van der Waals surface area contributed by atoms with Crippen molar-refractivity contribution in [3.8, 4) is 28.5 Å². The van der Waals surface area contributed by atoms with Gasteiger partial charge in [0.1, 0.15) is 23.9 Å². The molecule has 0 radical (unpaired) electrons. The van der Waals surface area contributed by atoms with Gasteiger partial charge < -0.3 is 14.2 Å². The molecular formula is C33H29N3O4. The largest absolute Gasteiger partial charge is 0.497 e. The molecule has 1 amide bonds. The summed E-state index contributed by atoms with van der Waals surface area (Å²) in [6.07, 6.45) is 1.60. The molecule has 0 spiro atoms. The number of hydrogen-bond donors (Lipinski definition) is 1. The molecule has 4 aromatic carbocycles. The Labute approximate surface area is 233 Å². The summed E-state index contributed by atoms with van der Waals surface area (Å²) in [5.41, 5.74) is 8.09. The minimum Gasteiger partial charge on any atom is -0.497 e. The summed E-state index contributed by atoms with van der Waals surface area (Å²) < 4.78 is 16.9. The average molecular weight is 532 g/mol. The first-order valence-corrected chi connectivity index (χ1v) is 12.8. The molecule has 0 aliphatic carbocycles. The number of pyridine rings is 1. The molecule has 0 saturated carbocycles. The highest BCUT2D eigenvalue weighted by Crippen LogP contribution is 2.27. The number of hydrazone groups is 1. The second-order valence-corrected chi connectivity index (χ2v) is 9.13. The molecule has 200 valence electrons. The molecule has 0 aliphatic rings. The van der Waals surface area contributed by atoms with Gasteiger partial charge in [-0.1, -0.05) is 48.5 Å². The van der Waals surface area contributed by atoms with E-state index in [0.717, 1.165) is 33.4 Å². The van der Waals surface area contributed by atoms with E-state index >= 15 is 0 Å². The zero-order valence-corrected chi connectivity index (χ0v) is 22.5. The number of fused-ring (bicyclic) bond motifs is 1. The van der Waals surface area contributed by atoms with E-state index in [4.69, 9.17) is 19.2 Å². The standard InChI is InChI=1S/C33H29N3O4/c1-22-9-4-7-14-31(22)40-21-25-17-23(15-16-32(25)39-3)20-34-36-33(37)28-19-30(24-10-8-11-26(18-24)38-2)35-29-13-6-5-12-27(28)29/h4-20H,21H2,1-3H3,(H,36,37)/b34-20-. The summed E-state index contributed by atoms with van der Waals surface area (Å²) in [6.45, 7) is 2.34. The zero-order chi connectivity index (χ0) is 27.9. The highest BCUT2D eigenvalue weighted by Gasteiger charge is 2.14. The minimum atomic E-state index is -0.337. The first kappa shape index (κ1) is 26.4. The number of methoxy groups -OCH3 is 2. The molecule has 1 heterocycles. The number of amides is 1. The third kappa shape index (κ3) is 5.94. The van der Waals surface area contributed by atoms with Crippen molar-refractivity contribution in [1.29, 1.82) is 0 Å². The lowest BCUT2D eigenvalue weighted by Gasteiger charge is -2.12. The summed E-state index contributed by atoms with van der Waals surface area (Å²) in [6, 6.07) is 30.4. The molecule has 5 aromatic rings. The number of para-hydroxylation sites is 2. The van der Waals surface area contributed by atoms with Crippen LogP contribution in [0.15, 0.2) is 102 Å². The Morgan fingerprint density at radius 1 is 0.875 bits per heavy atom. The first-order chi connectivity index (χ1) is 19.6. The van der Waals surface area contributed by atoms with Crippen LogP contribution in [-0.2, 0) is 6.61 Å². The van der Waals surface area contributed by atoms with Crippen LogP contribution in [0, 0.1) is 6.92 Å². The Bertz CT molecular complexity index is 1700. The number of hydrogen-bond acceptors (Lipinski definition) is 6. The molecule has 0 bridgehead atoms. The Hall–Kier alpha value is -5.17. The lowest BCUT2D eigenvalue weighted by Crippen LogP contribution is -2.18. The van der Waals surface area contributed by atoms with Crippen molar-refractivity contribution < 1.29 is 19.0 Å². The fourth-order valence-corrected chi connectivity index (χ4v) is 4.38. The van der Waals surface area contributed by atoms with Crippen LogP contribution < -0.4 is 19.6 Å². The SMILES string of the molecule is COc1cccc(-c2cc(C(=O)N/N=C\c3ccc(OC)c(COc4ccccc4C)c3)c3ccccc3n2)c1. The maximum Gasteiger partial charge on any atom is 0.272 e. The molecule has 0 unspecified atom stereocenters. The number of rotatable bonds is 9. The van der Waals surface area contributed by atoms with Crippen LogP contribution in [0.25, 0.3) is 22.2 Å². The number of aryl methyl sites for hydroxylation is 1. The van der Waals surface area contributed by atoms with E-state index in [9.17, 15) is 4.79 Å². The predicted octanol–water partition coefficient (Wildman–Crippen LogP) is 6.57. The van der Waals surface area contributed by atoms with Crippen LogP contribution in [0.3, 0.4) is 0 Å². The van der Waals surface area contributed by atoms with Gasteiger partial charge >= 0.3 is 0 Å². The van der Waals surface area contributed by atoms with Crippen LogP contribution >= 0.6 is 0 Å². The third-order valence-electron chi connectivity index (χ3n) is 6.49. The third-order valence-corrected chi connectivity index (χ3v) is 6.49. The molecule has 40 heavy (non-hydrogen) atoms. The first-order valence-electron chi connectivity index (χ1n) is 12.8. The molecule has 0 atom stereocenters. The molecule has 1 aromatic heterocycles. The maximum atomic E-state index is 13.3. The highest BCUT2D eigenvalue weighted by molar-refractivity contribution is 6.07. The van der Waals surface area contributed by atoms with Crippen molar-refractivity contribution in [2.45, 2.75) is 13.5 Å². The molecule has 7 heteroatoms. The number of aromatic nitrogens is 1. The van der Waals surface area contributed by atoms with E-state index in [1.165, 1.54) is 0 Å². The van der Waals surface area contributed by atoms with Gasteiger partial charge in [-0.15, -0.1) is 0 Å². The zero-order valence-electron chi connectivity index (χ0n) is 22.5. The van der Waals surface area contributed by atoms with Crippen molar-refractivity contribution in [2.75, 3.05) is 14.2 Å². The molecule has 0 fully saturated rings. The molecule has 1 N–H and O–H groups in total. The summed E-state index contributed by atoms with van der Waals surface area (Å²) in [4.78, 5) is 18.1. The van der Waals surface area contributed by atoms with Gasteiger partial charge in [0.15, 0.2) is 0 Å². The second-order valence-electron chi connectivity index (χ2n) is 9.13. The number of nitrogens with one attached hydrogen (secondary N) is 1. The van der Waals surface area contributed by atoms with Crippen LogP contribution in [0.2, 0.25) is 0 Å². The van der Waals surface area contributed by atoms with Gasteiger partial charge in [-0.25, -0.2) is 10.4 Å². The quantitative estimate of drug-likeness (QED) is 0.172. The van der Waals surface area contributed by atoms with Gasteiger partial charge in [0.25, 0.3) is 5.91 Å². The number of nitrogens with zero attached hydrogens (tertiary/aromatic N) is 2. The van der Waals surface area contributed by atoms with E-state index in [1.54, 1.807) is 26.5 Å². The summed E-state index contributed by atoms with van der Waals surface area (Å²) in [5, 5.41) is 4.97. The van der Waals surface area contributed by atoms with Crippen LogP contribution in [-0.4, -0.2) is 31.3 Å². The Morgan fingerprint density at radius 2 is 1.70 bits per heavy atom. The van der Waals surface area contributed by atoms with Crippen molar-refractivity contribution in [3.63, 3.8) is 0 Å². The molecule has 7 nitrogen and oxygen atoms in total. The van der Waals surface area contributed by atoms with Gasteiger partial charge in [-0.2, -0.15) is 5.10 Å². The van der Waals surface area contributed by atoms with Crippen LogP contribution in [0.4, 0.5) is 0 Å². The van der Waals surface area contributed by atoms with Crippen molar-refractivity contribution >= 4 is 23.0 Å². The minimum absolute atomic E-state index is 0.331. The van der Waals surface area contributed by atoms with Gasteiger partial charge in [-0.05, 0) is 66.6 Å². The summed E-state index contributed by atoms with van der Waals surface area (Å²) in [7, 11) is 3.24. The molecule has 5 rings (SSSR count). The fraction of sp³-hybridized carbons (Fsp3) is 0.121. The Balaban J connectivity index is 1.36. The number of carbonyl (C=O) groups excluding carboxylic acids is 1. The Kier molecular flexibility index (Phi) is 8.02. The lowest BCUT2D eigenvalue weighted by atomic mass is 10.0. The van der Waals surface area contributed by atoms with Crippen molar-refractivity contribution in [3.05, 3.63) is 119 Å². The smallest absolute Gasteiger partial charge is 0.272 e. The summed E-state index contributed by atoms with van der Waals surface area (Å²) in [5.74, 6) is 1.90.